The lowest BCUT2D eigenvalue weighted by Crippen LogP contribution is -2.16. The molecular formula is C18H20N4O3. The first kappa shape index (κ1) is 18.1. The lowest BCUT2D eigenvalue weighted by Gasteiger charge is -2.08. The van der Waals surface area contributed by atoms with Crippen LogP contribution in [0.15, 0.2) is 42.6 Å². The number of amides is 3. The largest absolute Gasteiger partial charge is 0.366 e. The van der Waals surface area contributed by atoms with Crippen molar-refractivity contribution < 1.29 is 14.4 Å². The van der Waals surface area contributed by atoms with Gasteiger partial charge in [-0.3, -0.25) is 14.4 Å². The molecule has 130 valence electrons. The summed E-state index contributed by atoms with van der Waals surface area (Å²) in [6.45, 7) is 3.91. The van der Waals surface area contributed by atoms with Crippen LogP contribution in [-0.2, 0) is 4.79 Å². The minimum Gasteiger partial charge on any atom is -0.366 e. The van der Waals surface area contributed by atoms with Crippen molar-refractivity contribution in [1.29, 1.82) is 0 Å². The van der Waals surface area contributed by atoms with Crippen molar-refractivity contribution in [1.82, 2.24) is 4.98 Å². The van der Waals surface area contributed by atoms with Crippen LogP contribution in [0.25, 0.3) is 0 Å². The van der Waals surface area contributed by atoms with Gasteiger partial charge in [-0.1, -0.05) is 19.9 Å². The van der Waals surface area contributed by atoms with Gasteiger partial charge >= 0.3 is 0 Å². The maximum absolute atomic E-state index is 12.2. The van der Waals surface area contributed by atoms with Gasteiger partial charge in [0.25, 0.3) is 5.91 Å². The number of benzene rings is 1. The summed E-state index contributed by atoms with van der Waals surface area (Å²) in [6.07, 6.45) is 1.86. The van der Waals surface area contributed by atoms with Crippen LogP contribution in [0.3, 0.4) is 0 Å². The summed E-state index contributed by atoms with van der Waals surface area (Å²) in [5.74, 6) is -0.420. The zero-order chi connectivity index (χ0) is 18.4. The van der Waals surface area contributed by atoms with Crippen LogP contribution in [0.5, 0.6) is 0 Å². The van der Waals surface area contributed by atoms with Gasteiger partial charge in [-0.25, -0.2) is 4.98 Å². The summed E-state index contributed by atoms with van der Waals surface area (Å²) in [4.78, 5) is 39.2. The second kappa shape index (κ2) is 8.05. The Morgan fingerprint density at radius 3 is 2.40 bits per heavy atom. The van der Waals surface area contributed by atoms with Crippen molar-refractivity contribution in [2.45, 2.75) is 20.3 Å². The molecule has 0 aliphatic heterocycles. The van der Waals surface area contributed by atoms with Gasteiger partial charge in [-0.2, -0.15) is 0 Å². The molecule has 0 aliphatic carbocycles. The smallest absolute Gasteiger partial charge is 0.255 e. The van der Waals surface area contributed by atoms with Crippen LogP contribution < -0.4 is 16.4 Å². The van der Waals surface area contributed by atoms with Gasteiger partial charge in [0.2, 0.25) is 11.8 Å². The molecule has 0 bridgehead atoms. The van der Waals surface area contributed by atoms with Crippen molar-refractivity contribution in [3.8, 4) is 0 Å². The highest BCUT2D eigenvalue weighted by atomic mass is 16.2. The third-order valence-electron chi connectivity index (χ3n) is 3.29. The fraction of sp³-hybridized carbons (Fsp3) is 0.222. The highest BCUT2D eigenvalue weighted by Gasteiger charge is 2.10. The molecule has 25 heavy (non-hydrogen) atoms. The van der Waals surface area contributed by atoms with E-state index in [1.54, 1.807) is 24.3 Å². The standard InChI is InChI=1S/C18H20N4O3/c1-11(2)8-16(23)22-15-7-6-14(10-20-15)21-18(25)13-5-3-4-12(9-13)17(19)24/h3-7,9-11H,8H2,1-2H3,(H2,19,24)(H,21,25)(H,20,22,23). The van der Waals surface area contributed by atoms with Crippen LogP contribution in [0.1, 0.15) is 41.0 Å². The molecule has 3 amide bonds. The monoisotopic (exact) mass is 340 g/mol. The number of hydrogen-bond acceptors (Lipinski definition) is 4. The number of nitrogens with one attached hydrogen (secondary N) is 2. The Bertz CT molecular complexity index is 785. The van der Waals surface area contributed by atoms with Crippen molar-refractivity contribution in [2.24, 2.45) is 11.7 Å². The molecule has 1 aromatic heterocycles. The molecule has 0 saturated carbocycles. The fourth-order valence-corrected chi connectivity index (χ4v) is 2.12. The number of primary amides is 1. The summed E-state index contributed by atoms with van der Waals surface area (Å²) < 4.78 is 0. The predicted octanol–water partition coefficient (Wildman–Crippen LogP) is 2.42. The van der Waals surface area contributed by atoms with Crippen LogP contribution in [0.2, 0.25) is 0 Å². The van der Waals surface area contributed by atoms with E-state index in [9.17, 15) is 14.4 Å². The Labute approximate surface area is 145 Å². The molecule has 0 atom stereocenters. The van der Waals surface area contributed by atoms with Gasteiger partial charge in [0.15, 0.2) is 0 Å². The van der Waals surface area contributed by atoms with E-state index in [0.717, 1.165) is 0 Å². The Morgan fingerprint density at radius 2 is 1.80 bits per heavy atom. The molecule has 0 spiro atoms. The molecule has 4 N–H and O–H groups in total. The van der Waals surface area contributed by atoms with E-state index in [0.29, 0.717) is 23.5 Å². The average molecular weight is 340 g/mol. The molecule has 0 aliphatic rings. The molecule has 1 aromatic carbocycles. The Hall–Kier alpha value is -3.22. The number of carbonyl (C=O) groups excluding carboxylic acids is 3. The van der Waals surface area contributed by atoms with Crippen LogP contribution in [0, 0.1) is 5.92 Å². The Balaban J connectivity index is 2.01. The summed E-state index contributed by atoms with van der Waals surface area (Å²) in [7, 11) is 0. The number of nitrogens with two attached hydrogens (primary N) is 1. The maximum atomic E-state index is 12.2. The van der Waals surface area contributed by atoms with Gasteiger partial charge in [0.05, 0.1) is 11.9 Å². The first-order valence-corrected chi connectivity index (χ1v) is 7.82. The molecular weight excluding hydrogens is 320 g/mol. The lowest BCUT2D eigenvalue weighted by molar-refractivity contribution is -0.116. The van der Waals surface area contributed by atoms with Gasteiger partial charge in [0.1, 0.15) is 5.82 Å². The first-order valence-electron chi connectivity index (χ1n) is 7.82. The second-order valence-electron chi connectivity index (χ2n) is 5.98. The second-order valence-corrected chi connectivity index (χ2v) is 5.98. The molecule has 0 fully saturated rings. The van der Waals surface area contributed by atoms with Gasteiger partial charge in [-0.15, -0.1) is 0 Å². The molecule has 7 heteroatoms. The van der Waals surface area contributed by atoms with Crippen LogP contribution >= 0.6 is 0 Å². The summed E-state index contributed by atoms with van der Waals surface area (Å²) in [6, 6.07) is 9.36. The summed E-state index contributed by atoms with van der Waals surface area (Å²) in [5, 5.41) is 5.36. The van der Waals surface area contributed by atoms with Gasteiger partial charge < -0.3 is 16.4 Å². The van der Waals surface area contributed by atoms with E-state index in [4.69, 9.17) is 5.73 Å². The zero-order valence-corrected chi connectivity index (χ0v) is 14.1. The number of aromatic nitrogens is 1. The number of carbonyl (C=O) groups is 3. The Kier molecular flexibility index (Phi) is 5.84. The van der Waals surface area contributed by atoms with Crippen LogP contribution in [-0.4, -0.2) is 22.7 Å². The lowest BCUT2D eigenvalue weighted by atomic mass is 10.1. The van der Waals surface area contributed by atoms with Crippen molar-refractivity contribution in [2.75, 3.05) is 10.6 Å². The fourth-order valence-electron chi connectivity index (χ4n) is 2.12. The highest BCUT2D eigenvalue weighted by molar-refractivity contribution is 6.06. The van der Waals surface area contributed by atoms with Crippen molar-refractivity contribution in [3.63, 3.8) is 0 Å². The van der Waals surface area contributed by atoms with Gasteiger partial charge in [0, 0.05) is 17.5 Å². The van der Waals surface area contributed by atoms with E-state index in [1.165, 1.54) is 18.3 Å². The van der Waals surface area contributed by atoms with Gasteiger partial charge in [-0.05, 0) is 36.2 Å². The molecule has 0 saturated heterocycles. The van der Waals surface area contributed by atoms with E-state index in [-0.39, 0.29) is 23.3 Å². The summed E-state index contributed by atoms with van der Waals surface area (Å²) >= 11 is 0. The normalized spacial score (nSPS) is 10.4. The number of nitrogens with zero attached hydrogens (tertiary/aromatic N) is 1. The quantitative estimate of drug-likeness (QED) is 0.749. The summed E-state index contributed by atoms with van der Waals surface area (Å²) in [5.41, 5.74) is 6.24. The van der Waals surface area contributed by atoms with Crippen molar-refractivity contribution in [3.05, 3.63) is 53.7 Å². The predicted molar refractivity (Wildman–Crippen MR) is 95.2 cm³/mol. The molecule has 7 nitrogen and oxygen atoms in total. The van der Waals surface area contributed by atoms with E-state index < -0.39 is 5.91 Å². The number of rotatable bonds is 6. The highest BCUT2D eigenvalue weighted by Crippen LogP contribution is 2.13. The SMILES string of the molecule is CC(C)CC(=O)Nc1ccc(NC(=O)c2cccc(C(N)=O)c2)cn1. The zero-order valence-electron chi connectivity index (χ0n) is 14.1. The molecule has 2 rings (SSSR count). The third kappa shape index (κ3) is 5.42. The third-order valence-corrected chi connectivity index (χ3v) is 3.29. The minimum absolute atomic E-state index is 0.109. The topological polar surface area (TPSA) is 114 Å². The number of pyridine rings is 1. The molecule has 0 radical (unpaired) electrons. The van der Waals surface area contributed by atoms with E-state index >= 15 is 0 Å². The van der Waals surface area contributed by atoms with Crippen molar-refractivity contribution >= 4 is 29.2 Å². The minimum atomic E-state index is -0.599. The average Bonchev–Trinajstić information content (AvgIpc) is 2.56. The maximum Gasteiger partial charge on any atom is 0.255 e. The van der Waals surface area contributed by atoms with E-state index in [1.807, 2.05) is 13.8 Å². The molecule has 0 unspecified atom stereocenters. The first-order chi connectivity index (χ1) is 11.8. The molecule has 2 aromatic rings. The number of anilines is 2. The number of hydrogen-bond donors (Lipinski definition) is 3. The van der Waals surface area contributed by atoms with E-state index in [2.05, 4.69) is 15.6 Å². The molecule has 1 heterocycles. The van der Waals surface area contributed by atoms with Crippen LogP contribution in [0.4, 0.5) is 11.5 Å². The Morgan fingerprint density at radius 1 is 1.08 bits per heavy atom.